The zero-order valence-corrected chi connectivity index (χ0v) is 15.2. The van der Waals surface area contributed by atoms with Gasteiger partial charge in [-0.25, -0.2) is 4.79 Å². The van der Waals surface area contributed by atoms with Gasteiger partial charge in [-0.2, -0.15) is 0 Å². The molecule has 0 radical (unpaired) electrons. The third-order valence-corrected chi connectivity index (χ3v) is 5.15. The van der Waals surface area contributed by atoms with Gasteiger partial charge >= 0.3 is 5.63 Å². The standard InChI is InChI=1S/C22H22N2O3/c1-14-8-2-5-11-16(14)21(25)24-20-19(23-15-9-3-4-10-15)17-12-6-7-13-18(17)27-22(20)26/h2,5-8,11-13,15,23H,3-4,9-10H2,1H3,(H,24,25). The molecule has 3 aromatic rings. The summed E-state index contributed by atoms with van der Waals surface area (Å²) in [5.74, 6) is -0.315. The van der Waals surface area contributed by atoms with Crippen LogP contribution >= 0.6 is 0 Å². The van der Waals surface area contributed by atoms with Crippen molar-refractivity contribution in [2.45, 2.75) is 38.6 Å². The van der Waals surface area contributed by atoms with Crippen LogP contribution in [0, 0.1) is 6.92 Å². The van der Waals surface area contributed by atoms with E-state index in [1.807, 2.05) is 43.3 Å². The average molecular weight is 362 g/mol. The van der Waals surface area contributed by atoms with Gasteiger partial charge in [-0.05, 0) is 43.5 Å². The van der Waals surface area contributed by atoms with Crippen LogP contribution in [0.15, 0.2) is 57.7 Å². The predicted molar refractivity (Wildman–Crippen MR) is 107 cm³/mol. The van der Waals surface area contributed by atoms with Crippen molar-refractivity contribution in [1.82, 2.24) is 0 Å². The molecule has 0 bridgehead atoms. The van der Waals surface area contributed by atoms with Gasteiger partial charge in [-0.1, -0.05) is 43.2 Å². The first-order valence-corrected chi connectivity index (χ1v) is 9.33. The second-order valence-corrected chi connectivity index (χ2v) is 7.03. The minimum absolute atomic E-state index is 0.175. The van der Waals surface area contributed by atoms with Crippen LogP contribution in [0.25, 0.3) is 11.0 Å². The van der Waals surface area contributed by atoms with E-state index in [4.69, 9.17) is 4.42 Å². The molecule has 1 saturated carbocycles. The number of anilines is 2. The molecule has 0 atom stereocenters. The highest BCUT2D eigenvalue weighted by Gasteiger charge is 2.22. The molecule has 1 aliphatic carbocycles. The van der Waals surface area contributed by atoms with E-state index in [2.05, 4.69) is 10.6 Å². The normalized spacial score (nSPS) is 14.4. The Morgan fingerprint density at radius 2 is 1.70 bits per heavy atom. The van der Waals surface area contributed by atoms with Crippen LogP contribution in [0.3, 0.4) is 0 Å². The lowest BCUT2D eigenvalue weighted by Crippen LogP contribution is -2.23. The number of para-hydroxylation sites is 1. The number of aryl methyl sites for hydroxylation is 1. The minimum atomic E-state index is -0.545. The molecule has 1 aliphatic rings. The zero-order valence-electron chi connectivity index (χ0n) is 15.2. The topological polar surface area (TPSA) is 71.3 Å². The van der Waals surface area contributed by atoms with Crippen LogP contribution < -0.4 is 16.3 Å². The fourth-order valence-corrected chi connectivity index (χ4v) is 3.70. The molecule has 1 aromatic heterocycles. The molecule has 0 spiro atoms. The number of benzene rings is 2. The summed E-state index contributed by atoms with van der Waals surface area (Å²) in [6, 6.07) is 15.0. The van der Waals surface area contributed by atoms with Crippen molar-refractivity contribution < 1.29 is 9.21 Å². The van der Waals surface area contributed by atoms with E-state index in [1.165, 1.54) is 12.8 Å². The van der Waals surface area contributed by atoms with Crippen LogP contribution in [-0.4, -0.2) is 11.9 Å². The summed E-state index contributed by atoms with van der Waals surface area (Å²) in [5, 5.41) is 7.08. The summed E-state index contributed by atoms with van der Waals surface area (Å²) in [7, 11) is 0. The molecular weight excluding hydrogens is 340 g/mol. The highest BCUT2D eigenvalue weighted by atomic mass is 16.4. The van der Waals surface area contributed by atoms with Crippen molar-refractivity contribution >= 4 is 28.3 Å². The first-order chi connectivity index (χ1) is 13.1. The molecular formula is C22H22N2O3. The first-order valence-electron chi connectivity index (χ1n) is 9.33. The number of hydrogen-bond acceptors (Lipinski definition) is 4. The highest BCUT2D eigenvalue weighted by Crippen LogP contribution is 2.32. The molecule has 2 N–H and O–H groups in total. The fourth-order valence-electron chi connectivity index (χ4n) is 3.70. The number of nitrogens with one attached hydrogen (secondary N) is 2. The van der Waals surface area contributed by atoms with Crippen molar-refractivity contribution in [3.63, 3.8) is 0 Å². The van der Waals surface area contributed by atoms with Crippen molar-refractivity contribution in [3.05, 3.63) is 70.1 Å². The maximum Gasteiger partial charge on any atom is 0.362 e. The van der Waals surface area contributed by atoms with Crippen molar-refractivity contribution in [3.8, 4) is 0 Å². The molecule has 0 unspecified atom stereocenters. The SMILES string of the molecule is Cc1ccccc1C(=O)Nc1c(NC2CCCC2)c2ccccc2oc1=O. The molecule has 2 aromatic carbocycles. The van der Waals surface area contributed by atoms with E-state index < -0.39 is 5.63 Å². The van der Waals surface area contributed by atoms with Crippen LogP contribution in [0.5, 0.6) is 0 Å². The van der Waals surface area contributed by atoms with Gasteiger partial charge in [0.05, 0.1) is 5.69 Å². The van der Waals surface area contributed by atoms with Gasteiger partial charge in [0.1, 0.15) is 5.58 Å². The monoisotopic (exact) mass is 362 g/mol. The molecule has 27 heavy (non-hydrogen) atoms. The Hall–Kier alpha value is -3.08. The van der Waals surface area contributed by atoms with E-state index in [0.29, 0.717) is 22.9 Å². The Morgan fingerprint density at radius 1 is 1.00 bits per heavy atom. The number of rotatable bonds is 4. The van der Waals surface area contributed by atoms with E-state index in [-0.39, 0.29) is 11.6 Å². The van der Waals surface area contributed by atoms with E-state index >= 15 is 0 Å². The summed E-state index contributed by atoms with van der Waals surface area (Å²) >= 11 is 0. The molecule has 5 nitrogen and oxygen atoms in total. The van der Waals surface area contributed by atoms with E-state index in [1.54, 1.807) is 12.1 Å². The number of amides is 1. The third-order valence-electron chi connectivity index (χ3n) is 5.15. The molecule has 1 heterocycles. The molecule has 0 aliphatic heterocycles. The molecule has 5 heteroatoms. The lowest BCUT2D eigenvalue weighted by molar-refractivity contribution is 0.102. The summed E-state index contributed by atoms with van der Waals surface area (Å²) in [6.07, 6.45) is 4.45. The zero-order chi connectivity index (χ0) is 18.8. The smallest absolute Gasteiger partial charge is 0.362 e. The molecule has 138 valence electrons. The van der Waals surface area contributed by atoms with Crippen molar-refractivity contribution in [1.29, 1.82) is 0 Å². The summed E-state index contributed by atoms with van der Waals surface area (Å²) in [6.45, 7) is 1.87. The third kappa shape index (κ3) is 3.45. The van der Waals surface area contributed by atoms with Crippen molar-refractivity contribution in [2.24, 2.45) is 0 Å². The summed E-state index contributed by atoms with van der Waals surface area (Å²) < 4.78 is 5.45. The Balaban J connectivity index is 1.78. The lowest BCUT2D eigenvalue weighted by atomic mass is 10.1. The van der Waals surface area contributed by atoms with Gasteiger partial charge in [0.2, 0.25) is 0 Å². The van der Waals surface area contributed by atoms with Crippen LogP contribution in [0.2, 0.25) is 0 Å². The Kier molecular flexibility index (Phi) is 4.67. The van der Waals surface area contributed by atoms with Gasteiger partial charge < -0.3 is 15.1 Å². The first kappa shape index (κ1) is 17.3. The van der Waals surface area contributed by atoms with Gasteiger partial charge in [0.15, 0.2) is 5.69 Å². The largest absolute Gasteiger partial charge is 0.421 e. The predicted octanol–water partition coefficient (Wildman–Crippen LogP) is 4.71. The number of hydrogen-bond donors (Lipinski definition) is 2. The highest BCUT2D eigenvalue weighted by molar-refractivity contribution is 6.09. The van der Waals surface area contributed by atoms with Gasteiger partial charge in [0, 0.05) is 17.0 Å². The van der Waals surface area contributed by atoms with Gasteiger partial charge in [-0.3, -0.25) is 4.79 Å². The number of fused-ring (bicyclic) bond motifs is 1. The van der Waals surface area contributed by atoms with Gasteiger partial charge in [0.25, 0.3) is 5.91 Å². The quantitative estimate of drug-likeness (QED) is 0.660. The second kappa shape index (κ2) is 7.27. The maximum atomic E-state index is 12.8. The Morgan fingerprint density at radius 3 is 2.48 bits per heavy atom. The maximum absolute atomic E-state index is 12.8. The van der Waals surface area contributed by atoms with E-state index in [9.17, 15) is 9.59 Å². The average Bonchev–Trinajstić information content (AvgIpc) is 3.18. The van der Waals surface area contributed by atoms with Crippen LogP contribution in [0.1, 0.15) is 41.6 Å². The van der Waals surface area contributed by atoms with Gasteiger partial charge in [-0.15, -0.1) is 0 Å². The number of carbonyl (C=O) groups is 1. The van der Waals surface area contributed by atoms with E-state index in [0.717, 1.165) is 23.8 Å². The fraction of sp³-hybridized carbons (Fsp3) is 0.273. The number of carbonyl (C=O) groups excluding carboxylic acids is 1. The molecule has 4 rings (SSSR count). The van der Waals surface area contributed by atoms with Crippen molar-refractivity contribution in [2.75, 3.05) is 10.6 Å². The minimum Gasteiger partial charge on any atom is -0.421 e. The lowest BCUT2D eigenvalue weighted by Gasteiger charge is -2.18. The summed E-state index contributed by atoms with van der Waals surface area (Å²) in [5.41, 5.74) is 2.18. The molecule has 1 fully saturated rings. The summed E-state index contributed by atoms with van der Waals surface area (Å²) in [4.78, 5) is 25.5. The van der Waals surface area contributed by atoms with Crippen LogP contribution in [-0.2, 0) is 0 Å². The Labute approximate surface area is 157 Å². The van der Waals surface area contributed by atoms with Crippen LogP contribution in [0.4, 0.5) is 11.4 Å². The molecule has 1 amide bonds. The Bertz CT molecular complexity index is 1050. The molecule has 0 saturated heterocycles. The second-order valence-electron chi connectivity index (χ2n) is 7.03.